The molecule has 0 fully saturated rings. The minimum atomic E-state index is -4.21. The molecule has 0 aliphatic rings. The topological polar surface area (TPSA) is 85.7 Å². The molecule has 0 aliphatic carbocycles. The summed E-state index contributed by atoms with van der Waals surface area (Å²) < 4.78 is 42.5. The highest BCUT2D eigenvalue weighted by atomic mass is 19.4. The Labute approximate surface area is 107 Å². The van der Waals surface area contributed by atoms with Gasteiger partial charge in [-0.2, -0.15) is 18.3 Å². The first-order valence-corrected chi connectivity index (χ1v) is 5.47. The van der Waals surface area contributed by atoms with Crippen molar-refractivity contribution in [3.05, 3.63) is 11.3 Å². The van der Waals surface area contributed by atoms with E-state index in [1.165, 1.54) is 4.68 Å². The number of alkyl halides is 3. The number of aryl methyl sites for hydroxylation is 2. The lowest BCUT2D eigenvalue weighted by molar-refractivity contribution is -0.136. The highest BCUT2D eigenvalue weighted by molar-refractivity contribution is 6.00. The first kappa shape index (κ1) is 15.1. The summed E-state index contributed by atoms with van der Waals surface area (Å²) in [6.45, 7) is 1.49. The van der Waals surface area contributed by atoms with Crippen molar-refractivity contribution in [3.63, 3.8) is 0 Å². The van der Waals surface area contributed by atoms with Crippen LogP contribution in [0.5, 0.6) is 5.88 Å². The maximum atomic E-state index is 12.0. The number of hydrogen-bond donors (Lipinski definition) is 2. The fourth-order valence-corrected chi connectivity index (χ4v) is 1.59. The van der Waals surface area contributed by atoms with E-state index in [4.69, 9.17) is 15.7 Å². The predicted molar refractivity (Wildman–Crippen MR) is 61.2 cm³/mol. The van der Waals surface area contributed by atoms with E-state index in [2.05, 4.69) is 10.3 Å². The van der Waals surface area contributed by atoms with E-state index < -0.39 is 12.6 Å². The van der Waals surface area contributed by atoms with Gasteiger partial charge in [0.1, 0.15) is 5.56 Å². The van der Waals surface area contributed by atoms with Gasteiger partial charge in [-0.3, -0.25) is 0 Å². The van der Waals surface area contributed by atoms with E-state index in [0.717, 1.165) is 0 Å². The Morgan fingerprint density at radius 2 is 2.16 bits per heavy atom. The van der Waals surface area contributed by atoms with Gasteiger partial charge in [-0.1, -0.05) is 5.16 Å². The zero-order valence-electron chi connectivity index (χ0n) is 10.5. The quantitative estimate of drug-likeness (QED) is 0.282. The van der Waals surface area contributed by atoms with E-state index in [9.17, 15) is 13.2 Å². The Kier molecular flexibility index (Phi) is 4.62. The Balaban J connectivity index is 2.73. The van der Waals surface area contributed by atoms with Gasteiger partial charge in [0.05, 0.1) is 12.3 Å². The first-order chi connectivity index (χ1) is 8.76. The smallest absolute Gasteiger partial charge is 0.389 e. The number of aromatic nitrogens is 2. The third-order valence-electron chi connectivity index (χ3n) is 2.38. The zero-order chi connectivity index (χ0) is 14.6. The van der Waals surface area contributed by atoms with Gasteiger partial charge in [-0.15, -0.1) is 0 Å². The van der Waals surface area contributed by atoms with Gasteiger partial charge in [-0.05, 0) is 13.3 Å². The van der Waals surface area contributed by atoms with Crippen molar-refractivity contribution in [1.29, 1.82) is 0 Å². The number of nitrogens with zero attached hydrogens (tertiary/aromatic N) is 3. The van der Waals surface area contributed by atoms with Gasteiger partial charge >= 0.3 is 6.18 Å². The third kappa shape index (κ3) is 4.04. The molecule has 9 heteroatoms. The van der Waals surface area contributed by atoms with Crippen LogP contribution in [0, 0.1) is 6.92 Å². The fourth-order valence-electron chi connectivity index (χ4n) is 1.59. The van der Waals surface area contributed by atoms with Gasteiger partial charge in [0.25, 0.3) is 0 Å². The van der Waals surface area contributed by atoms with Gasteiger partial charge in [0, 0.05) is 13.5 Å². The SMILES string of the molecule is Cc1nn(C)c(OCCCC(F)(F)F)c1C(N)=NO. The van der Waals surface area contributed by atoms with Crippen molar-refractivity contribution in [3.8, 4) is 5.88 Å². The summed E-state index contributed by atoms with van der Waals surface area (Å²) in [4.78, 5) is 0. The first-order valence-electron chi connectivity index (χ1n) is 5.47. The summed E-state index contributed by atoms with van der Waals surface area (Å²) in [5, 5.41) is 15.5. The van der Waals surface area contributed by atoms with Crippen LogP contribution in [-0.4, -0.2) is 33.6 Å². The molecule has 0 bridgehead atoms. The van der Waals surface area contributed by atoms with Crippen LogP contribution < -0.4 is 10.5 Å². The van der Waals surface area contributed by atoms with Crippen LogP contribution in [0.15, 0.2) is 5.16 Å². The molecule has 0 aliphatic heterocycles. The molecule has 0 aromatic carbocycles. The van der Waals surface area contributed by atoms with Gasteiger partial charge in [0.15, 0.2) is 5.84 Å². The van der Waals surface area contributed by atoms with Crippen LogP contribution in [0.4, 0.5) is 13.2 Å². The number of nitrogens with two attached hydrogens (primary N) is 1. The summed E-state index contributed by atoms with van der Waals surface area (Å²) in [7, 11) is 1.56. The molecule has 1 aromatic rings. The Morgan fingerprint density at radius 1 is 1.53 bits per heavy atom. The molecule has 3 N–H and O–H groups in total. The molecule has 0 saturated heterocycles. The number of rotatable bonds is 5. The summed E-state index contributed by atoms with van der Waals surface area (Å²) in [6, 6.07) is 0. The third-order valence-corrected chi connectivity index (χ3v) is 2.38. The number of halogens is 3. The number of amidine groups is 1. The molecule has 0 atom stereocenters. The maximum absolute atomic E-state index is 12.0. The fraction of sp³-hybridized carbons (Fsp3) is 0.600. The highest BCUT2D eigenvalue weighted by Crippen LogP contribution is 2.24. The number of ether oxygens (including phenoxy) is 1. The van der Waals surface area contributed by atoms with Crippen molar-refractivity contribution in [2.75, 3.05) is 6.61 Å². The van der Waals surface area contributed by atoms with Crippen molar-refractivity contribution in [2.45, 2.75) is 25.9 Å². The van der Waals surface area contributed by atoms with E-state index >= 15 is 0 Å². The maximum Gasteiger partial charge on any atom is 0.389 e. The molecule has 1 aromatic heterocycles. The minimum absolute atomic E-state index is 0.135. The zero-order valence-corrected chi connectivity index (χ0v) is 10.5. The molecule has 0 unspecified atom stereocenters. The molecule has 0 radical (unpaired) electrons. The van der Waals surface area contributed by atoms with E-state index in [0.29, 0.717) is 5.69 Å². The highest BCUT2D eigenvalue weighted by Gasteiger charge is 2.26. The molecular weight excluding hydrogens is 265 g/mol. The Hall–Kier alpha value is -1.93. The standard InChI is InChI=1S/C10H15F3N4O2/c1-6-7(8(14)16-18)9(17(2)15-6)19-5-3-4-10(11,12)13/h18H,3-5H2,1-2H3,(H2,14,16). The van der Waals surface area contributed by atoms with E-state index in [1.54, 1.807) is 14.0 Å². The number of oxime groups is 1. The predicted octanol–water partition coefficient (Wildman–Crippen LogP) is 1.54. The number of hydrogen-bond acceptors (Lipinski definition) is 4. The van der Waals surface area contributed by atoms with E-state index in [1.807, 2.05) is 0 Å². The molecular formula is C10H15F3N4O2. The Bertz CT molecular complexity index is 468. The average Bonchev–Trinajstić information content (AvgIpc) is 2.57. The van der Waals surface area contributed by atoms with Crippen LogP contribution in [0.2, 0.25) is 0 Å². The van der Waals surface area contributed by atoms with Crippen LogP contribution in [0.25, 0.3) is 0 Å². The molecule has 108 valence electrons. The van der Waals surface area contributed by atoms with Crippen LogP contribution in [0.3, 0.4) is 0 Å². The molecule has 0 saturated carbocycles. The van der Waals surface area contributed by atoms with Gasteiger partial charge in [0.2, 0.25) is 5.88 Å². The van der Waals surface area contributed by atoms with Crippen molar-refractivity contribution in [2.24, 2.45) is 17.9 Å². The summed E-state index contributed by atoms with van der Waals surface area (Å²) in [5.41, 5.74) is 6.21. The normalized spacial score (nSPS) is 12.8. The summed E-state index contributed by atoms with van der Waals surface area (Å²) in [5.74, 6) is -0.0219. The van der Waals surface area contributed by atoms with Crippen molar-refractivity contribution in [1.82, 2.24) is 9.78 Å². The molecule has 0 amide bonds. The van der Waals surface area contributed by atoms with Gasteiger partial charge in [-0.25, -0.2) is 4.68 Å². The van der Waals surface area contributed by atoms with E-state index in [-0.39, 0.29) is 30.3 Å². The second kappa shape index (κ2) is 5.81. The lowest BCUT2D eigenvalue weighted by Crippen LogP contribution is -2.16. The summed E-state index contributed by atoms with van der Waals surface area (Å²) in [6.07, 6.45) is -5.31. The molecule has 0 spiro atoms. The molecule has 1 rings (SSSR count). The molecule has 6 nitrogen and oxygen atoms in total. The lowest BCUT2D eigenvalue weighted by atomic mass is 10.2. The monoisotopic (exact) mass is 280 g/mol. The van der Waals surface area contributed by atoms with Crippen molar-refractivity contribution < 1.29 is 23.1 Å². The van der Waals surface area contributed by atoms with Crippen LogP contribution in [-0.2, 0) is 7.05 Å². The van der Waals surface area contributed by atoms with Crippen molar-refractivity contribution >= 4 is 5.84 Å². The molecule has 19 heavy (non-hydrogen) atoms. The van der Waals surface area contributed by atoms with Crippen LogP contribution >= 0.6 is 0 Å². The van der Waals surface area contributed by atoms with Crippen LogP contribution in [0.1, 0.15) is 24.1 Å². The minimum Gasteiger partial charge on any atom is -0.477 e. The largest absolute Gasteiger partial charge is 0.477 e. The average molecular weight is 280 g/mol. The summed E-state index contributed by atoms with van der Waals surface area (Å²) >= 11 is 0. The van der Waals surface area contributed by atoms with Gasteiger partial charge < -0.3 is 15.7 Å². The molecule has 1 heterocycles. The lowest BCUT2D eigenvalue weighted by Gasteiger charge is -2.09. The second-order valence-corrected chi connectivity index (χ2v) is 3.94. The second-order valence-electron chi connectivity index (χ2n) is 3.94. The Morgan fingerprint density at radius 3 is 2.68 bits per heavy atom.